The molecule has 0 aliphatic carbocycles. The Morgan fingerprint density at radius 3 is 2.72 bits per heavy atom. The number of rotatable bonds is 4. The maximum absolute atomic E-state index is 9.11. The van der Waals surface area contributed by atoms with Crippen LogP contribution in [-0.4, -0.2) is 17.2 Å². The fourth-order valence-corrected chi connectivity index (χ4v) is 1.85. The first kappa shape index (κ1) is 12.7. The summed E-state index contributed by atoms with van der Waals surface area (Å²) in [6.07, 6.45) is 1.79. The van der Waals surface area contributed by atoms with Gasteiger partial charge in [0.05, 0.1) is 18.4 Å². The van der Waals surface area contributed by atoms with Crippen molar-refractivity contribution < 1.29 is 9.84 Å². The fourth-order valence-electron chi connectivity index (χ4n) is 1.85. The molecule has 1 unspecified atom stereocenters. The minimum Gasteiger partial charge on any atom is -0.390 e. The number of ether oxygens (including phenoxy) is 1. The van der Waals surface area contributed by atoms with Crippen molar-refractivity contribution in [3.05, 3.63) is 53.9 Å². The Morgan fingerprint density at radius 1 is 1.22 bits per heavy atom. The molecule has 0 aliphatic heterocycles. The van der Waals surface area contributed by atoms with E-state index in [0.29, 0.717) is 5.69 Å². The molecule has 94 valence electrons. The van der Waals surface area contributed by atoms with E-state index in [-0.39, 0.29) is 12.7 Å². The van der Waals surface area contributed by atoms with Gasteiger partial charge >= 0.3 is 0 Å². The summed E-state index contributed by atoms with van der Waals surface area (Å²) >= 11 is 0. The van der Waals surface area contributed by atoms with Crippen molar-refractivity contribution in [1.29, 1.82) is 0 Å². The normalized spacial score (nSPS) is 12.4. The van der Waals surface area contributed by atoms with E-state index in [1.165, 1.54) is 0 Å². The predicted molar refractivity (Wildman–Crippen MR) is 71.0 cm³/mol. The number of aliphatic hydroxyl groups is 1. The van der Waals surface area contributed by atoms with E-state index < -0.39 is 0 Å². The van der Waals surface area contributed by atoms with Crippen molar-refractivity contribution in [3.8, 4) is 11.1 Å². The first-order chi connectivity index (χ1) is 8.74. The molecule has 0 saturated heterocycles. The fraction of sp³-hybridized carbons (Fsp3) is 0.267. The minimum absolute atomic E-state index is 0.0397. The SMILES string of the molecule is COC(C)c1cccc(-c2ccnc(CO)c2)c1. The first-order valence-corrected chi connectivity index (χ1v) is 5.93. The lowest BCUT2D eigenvalue weighted by molar-refractivity contribution is 0.119. The third-order valence-corrected chi connectivity index (χ3v) is 3.02. The zero-order valence-electron chi connectivity index (χ0n) is 10.6. The van der Waals surface area contributed by atoms with Crippen LogP contribution in [0.25, 0.3) is 11.1 Å². The summed E-state index contributed by atoms with van der Waals surface area (Å²) in [5.74, 6) is 0. The molecule has 0 saturated carbocycles. The molecule has 2 aromatic rings. The van der Waals surface area contributed by atoms with Crippen molar-refractivity contribution in [2.75, 3.05) is 7.11 Å². The van der Waals surface area contributed by atoms with Gasteiger partial charge in [-0.2, -0.15) is 0 Å². The van der Waals surface area contributed by atoms with Crippen LogP contribution in [0.1, 0.15) is 24.3 Å². The highest BCUT2D eigenvalue weighted by Gasteiger charge is 2.06. The Kier molecular flexibility index (Phi) is 4.07. The van der Waals surface area contributed by atoms with Crippen LogP contribution in [0.4, 0.5) is 0 Å². The first-order valence-electron chi connectivity index (χ1n) is 5.93. The zero-order valence-corrected chi connectivity index (χ0v) is 10.6. The number of benzene rings is 1. The van der Waals surface area contributed by atoms with Crippen molar-refractivity contribution in [2.45, 2.75) is 19.6 Å². The third-order valence-electron chi connectivity index (χ3n) is 3.02. The highest BCUT2D eigenvalue weighted by Crippen LogP contribution is 2.24. The van der Waals surface area contributed by atoms with E-state index in [2.05, 4.69) is 11.1 Å². The average molecular weight is 243 g/mol. The standard InChI is InChI=1S/C15H17NO2/c1-11(18-2)12-4-3-5-13(8-12)14-6-7-16-15(9-14)10-17/h3-9,11,17H,10H2,1-2H3. The molecule has 0 bridgehead atoms. The van der Waals surface area contributed by atoms with Gasteiger partial charge in [0.25, 0.3) is 0 Å². The van der Waals surface area contributed by atoms with Gasteiger partial charge in [0.2, 0.25) is 0 Å². The van der Waals surface area contributed by atoms with E-state index in [4.69, 9.17) is 9.84 Å². The van der Waals surface area contributed by atoms with Crippen LogP contribution in [0, 0.1) is 0 Å². The monoisotopic (exact) mass is 243 g/mol. The molecule has 0 spiro atoms. The minimum atomic E-state index is -0.0397. The second kappa shape index (κ2) is 5.76. The van der Waals surface area contributed by atoms with E-state index in [1.807, 2.05) is 37.3 Å². The number of aliphatic hydroxyl groups excluding tert-OH is 1. The smallest absolute Gasteiger partial charge is 0.0853 e. The average Bonchev–Trinajstić information content (AvgIpc) is 2.46. The topological polar surface area (TPSA) is 42.4 Å². The van der Waals surface area contributed by atoms with E-state index in [9.17, 15) is 0 Å². The van der Waals surface area contributed by atoms with Crippen LogP contribution in [0.5, 0.6) is 0 Å². The molecular formula is C15H17NO2. The zero-order chi connectivity index (χ0) is 13.0. The Morgan fingerprint density at radius 2 is 2.00 bits per heavy atom. The number of aromatic nitrogens is 1. The second-order valence-electron chi connectivity index (χ2n) is 4.20. The summed E-state index contributed by atoms with van der Waals surface area (Å²) in [5, 5.41) is 9.11. The summed E-state index contributed by atoms with van der Waals surface area (Å²) < 4.78 is 5.32. The van der Waals surface area contributed by atoms with Gasteiger partial charge in [-0.1, -0.05) is 18.2 Å². The summed E-state index contributed by atoms with van der Waals surface area (Å²) in [6, 6.07) is 12.0. The van der Waals surface area contributed by atoms with Crippen molar-refractivity contribution in [2.24, 2.45) is 0 Å². The molecule has 0 fully saturated rings. The van der Waals surface area contributed by atoms with Gasteiger partial charge in [0, 0.05) is 13.3 Å². The Bertz CT molecular complexity index is 525. The Labute approximate surface area is 107 Å². The molecule has 2 rings (SSSR count). The largest absolute Gasteiger partial charge is 0.390 e. The van der Waals surface area contributed by atoms with Crippen LogP contribution in [0.2, 0.25) is 0 Å². The van der Waals surface area contributed by atoms with Crippen LogP contribution < -0.4 is 0 Å². The highest BCUT2D eigenvalue weighted by molar-refractivity contribution is 5.64. The van der Waals surface area contributed by atoms with Gasteiger partial charge < -0.3 is 9.84 Å². The molecule has 1 aromatic carbocycles. The summed E-state index contributed by atoms with van der Waals surface area (Å²) in [5.41, 5.74) is 3.97. The van der Waals surface area contributed by atoms with Gasteiger partial charge in [-0.15, -0.1) is 0 Å². The van der Waals surface area contributed by atoms with E-state index in [0.717, 1.165) is 16.7 Å². The summed E-state index contributed by atoms with van der Waals surface area (Å²) in [4.78, 5) is 4.08. The number of hydrogen-bond donors (Lipinski definition) is 1. The second-order valence-corrected chi connectivity index (χ2v) is 4.20. The Hall–Kier alpha value is -1.71. The predicted octanol–water partition coefficient (Wildman–Crippen LogP) is 2.95. The van der Waals surface area contributed by atoms with Gasteiger partial charge in [-0.3, -0.25) is 4.98 Å². The molecule has 1 N–H and O–H groups in total. The van der Waals surface area contributed by atoms with Crippen LogP contribution >= 0.6 is 0 Å². The van der Waals surface area contributed by atoms with Gasteiger partial charge in [-0.05, 0) is 41.8 Å². The lowest BCUT2D eigenvalue weighted by Crippen LogP contribution is -1.96. The van der Waals surface area contributed by atoms with E-state index >= 15 is 0 Å². The molecule has 0 aliphatic rings. The summed E-state index contributed by atoms with van der Waals surface area (Å²) in [6.45, 7) is 1.98. The third kappa shape index (κ3) is 2.75. The number of hydrogen-bond acceptors (Lipinski definition) is 3. The van der Waals surface area contributed by atoms with Crippen LogP contribution in [0.3, 0.4) is 0 Å². The molecule has 1 heterocycles. The number of nitrogens with zero attached hydrogens (tertiary/aromatic N) is 1. The number of pyridine rings is 1. The van der Waals surface area contributed by atoms with Crippen molar-refractivity contribution in [1.82, 2.24) is 4.98 Å². The number of methoxy groups -OCH3 is 1. The highest BCUT2D eigenvalue weighted by atomic mass is 16.5. The quantitative estimate of drug-likeness (QED) is 0.897. The molecule has 1 aromatic heterocycles. The molecule has 1 atom stereocenters. The van der Waals surface area contributed by atoms with Gasteiger partial charge in [0.15, 0.2) is 0 Å². The van der Waals surface area contributed by atoms with Gasteiger partial charge in [-0.25, -0.2) is 0 Å². The molecule has 0 amide bonds. The Balaban J connectivity index is 2.38. The van der Waals surface area contributed by atoms with Crippen LogP contribution in [0.15, 0.2) is 42.6 Å². The van der Waals surface area contributed by atoms with Gasteiger partial charge in [0.1, 0.15) is 0 Å². The van der Waals surface area contributed by atoms with Crippen molar-refractivity contribution in [3.63, 3.8) is 0 Å². The summed E-state index contributed by atoms with van der Waals surface area (Å²) in [7, 11) is 1.70. The maximum atomic E-state index is 9.11. The van der Waals surface area contributed by atoms with Crippen LogP contribution in [-0.2, 0) is 11.3 Å². The molecule has 3 heteroatoms. The molecular weight excluding hydrogens is 226 g/mol. The lowest BCUT2D eigenvalue weighted by atomic mass is 10.0. The maximum Gasteiger partial charge on any atom is 0.0853 e. The van der Waals surface area contributed by atoms with E-state index in [1.54, 1.807) is 13.3 Å². The molecule has 0 radical (unpaired) electrons. The molecule has 3 nitrogen and oxygen atoms in total. The lowest BCUT2D eigenvalue weighted by Gasteiger charge is -2.11. The molecule has 18 heavy (non-hydrogen) atoms. The van der Waals surface area contributed by atoms with Crippen molar-refractivity contribution >= 4 is 0 Å².